The number of carbonyl (C=O) groups is 1. The maximum Gasteiger partial charge on any atom is 2.00 e. The molecular weight excluding hydrogens is 176 g/mol. The Hall–Kier alpha value is -0.00377. The van der Waals surface area contributed by atoms with Gasteiger partial charge in [-0.2, -0.15) is 0 Å². The minimum absolute atomic E-state index is 0. The van der Waals surface area contributed by atoms with Crippen molar-refractivity contribution < 1.29 is 42.8 Å². The zero-order valence-corrected chi connectivity index (χ0v) is 7.44. The Morgan fingerprint density at radius 3 is 0.909 bits per heavy atom. The maximum absolute atomic E-state index is 8.89. The molecule has 0 bridgehead atoms. The zero-order chi connectivity index (χ0) is 3.58. The molecule has 0 aliphatic carbocycles. The van der Waals surface area contributed by atoms with Gasteiger partial charge in [0.1, 0.15) is 0 Å². The minimum Gasteiger partial charge on any atom is -0.550 e. The number of hydrogen-bond acceptors (Lipinski definition) is 2. The first-order chi connectivity index (χ1) is 1.73. The SMILES string of the molecule is CC(=O)[O-].O.O.O.O.O.O.[Mg+2]. The number of carbonyl (C=O) groups excluding carboxylic acids is 1. The van der Waals surface area contributed by atoms with E-state index in [0.717, 1.165) is 6.92 Å². The quantitative estimate of drug-likeness (QED) is 0.340. The molecule has 0 aliphatic heterocycles. The summed E-state index contributed by atoms with van der Waals surface area (Å²) in [5, 5.41) is 8.89. The summed E-state index contributed by atoms with van der Waals surface area (Å²) in [6, 6.07) is 0. The molecule has 0 spiro atoms. The summed E-state index contributed by atoms with van der Waals surface area (Å²) in [7, 11) is 0. The molecule has 0 heterocycles. The summed E-state index contributed by atoms with van der Waals surface area (Å²) in [4.78, 5) is 8.89. The first kappa shape index (κ1) is 122. The predicted molar refractivity (Wildman–Crippen MR) is 38.1 cm³/mol. The van der Waals surface area contributed by atoms with Crippen LogP contribution in [-0.2, 0) is 4.79 Å². The van der Waals surface area contributed by atoms with E-state index in [1.165, 1.54) is 0 Å². The summed E-state index contributed by atoms with van der Waals surface area (Å²) in [6.45, 7) is 0.972. The predicted octanol–water partition coefficient (Wildman–Crippen LogP) is -6.57. The second-order valence-electron chi connectivity index (χ2n) is 0.492. The van der Waals surface area contributed by atoms with Gasteiger partial charge in [-0.05, 0) is 6.92 Å². The van der Waals surface area contributed by atoms with Crippen LogP contribution in [0.15, 0.2) is 0 Å². The number of carboxylic acids is 1. The Balaban J connectivity index is -0.00000000214. The third-order valence-electron chi connectivity index (χ3n) is 0. The summed E-state index contributed by atoms with van der Waals surface area (Å²) < 4.78 is 0. The average Bonchev–Trinajstić information content (AvgIpc) is 0.811. The Morgan fingerprint density at radius 2 is 0.909 bits per heavy atom. The fraction of sp³-hybridized carbons (Fsp3) is 0.500. The van der Waals surface area contributed by atoms with Gasteiger partial charge in [-0.15, -0.1) is 0 Å². The summed E-state index contributed by atoms with van der Waals surface area (Å²) in [6.07, 6.45) is 0. The van der Waals surface area contributed by atoms with Crippen LogP contribution in [0.1, 0.15) is 6.92 Å². The van der Waals surface area contributed by atoms with Gasteiger partial charge in [-0.25, -0.2) is 0 Å². The molecule has 0 saturated heterocycles. The fourth-order valence-electron chi connectivity index (χ4n) is 0. The smallest absolute Gasteiger partial charge is 0.550 e. The fourth-order valence-corrected chi connectivity index (χ4v) is 0. The van der Waals surface area contributed by atoms with Crippen LogP contribution in [0.5, 0.6) is 0 Å². The Labute approximate surface area is 79.2 Å². The number of hydrogen-bond donors (Lipinski definition) is 0. The molecule has 8 nitrogen and oxygen atoms in total. The van der Waals surface area contributed by atoms with Crippen molar-refractivity contribution >= 4 is 29.0 Å². The van der Waals surface area contributed by atoms with Crippen LogP contribution in [0.2, 0.25) is 0 Å². The molecule has 0 aromatic carbocycles. The summed E-state index contributed by atoms with van der Waals surface area (Å²) in [5.74, 6) is -1.08. The van der Waals surface area contributed by atoms with E-state index in [4.69, 9.17) is 9.90 Å². The molecule has 9 heteroatoms. The van der Waals surface area contributed by atoms with Crippen molar-refractivity contribution in [3.05, 3.63) is 0 Å². The van der Waals surface area contributed by atoms with Crippen molar-refractivity contribution in [2.45, 2.75) is 6.92 Å². The van der Waals surface area contributed by atoms with Crippen LogP contribution < -0.4 is 5.11 Å². The molecule has 11 heavy (non-hydrogen) atoms. The topological polar surface area (TPSA) is 229 Å². The molecule has 0 aliphatic rings. The number of aliphatic carboxylic acids is 1. The molecule has 72 valence electrons. The average molecular weight is 191 g/mol. The van der Waals surface area contributed by atoms with Crippen molar-refractivity contribution in [2.24, 2.45) is 0 Å². The van der Waals surface area contributed by atoms with Gasteiger partial charge >= 0.3 is 23.1 Å². The maximum atomic E-state index is 8.89. The first-order valence-corrected chi connectivity index (χ1v) is 0.908. The molecular formula is C2H15MgO8+. The minimum atomic E-state index is -1.08. The van der Waals surface area contributed by atoms with Gasteiger partial charge in [0, 0.05) is 5.97 Å². The first-order valence-electron chi connectivity index (χ1n) is 0.908. The second-order valence-corrected chi connectivity index (χ2v) is 0.492. The van der Waals surface area contributed by atoms with Crippen LogP contribution in [0.4, 0.5) is 0 Å². The number of rotatable bonds is 0. The molecule has 12 N–H and O–H groups in total. The standard InChI is InChI=1S/C2H4O2.Mg.6H2O/c1-2(3)4;;;;;;;/h1H3,(H,3,4);;6*1H2/q;+2;;;;;;/p-1. The van der Waals surface area contributed by atoms with E-state index < -0.39 is 5.97 Å². The molecule has 0 rings (SSSR count). The van der Waals surface area contributed by atoms with Crippen molar-refractivity contribution in [1.29, 1.82) is 0 Å². The molecule has 0 atom stereocenters. The van der Waals surface area contributed by atoms with Gasteiger partial charge in [0.15, 0.2) is 0 Å². The third kappa shape index (κ3) is 45100000. The molecule has 0 radical (unpaired) electrons. The van der Waals surface area contributed by atoms with Crippen LogP contribution in [0, 0.1) is 0 Å². The van der Waals surface area contributed by atoms with Gasteiger partial charge in [-0.3, -0.25) is 0 Å². The molecule has 0 aromatic heterocycles. The van der Waals surface area contributed by atoms with Crippen molar-refractivity contribution in [2.75, 3.05) is 0 Å². The Morgan fingerprint density at radius 1 is 0.909 bits per heavy atom. The normalized spacial score (nSPS) is 2.27. The van der Waals surface area contributed by atoms with Crippen molar-refractivity contribution in [1.82, 2.24) is 0 Å². The molecule has 0 amide bonds. The second kappa shape index (κ2) is 90.1. The number of carboxylic acid groups (broad SMARTS) is 1. The monoisotopic (exact) mass is 191 g/mol. The van der Waals surface area contributed by atoms with Gasteiger partial charge in [0.25, 0.3) is 0 Å². The summed E-state index contributed by atoms with van der Waals surface area (Å²) in [5.41, 5.74) is 0. The van der Waals surface area contributed by atoms with Gasteiger partial charge < -0.3 is 42.8 Å². The van der Waals surface area contributed by atoms with E-state index in [0.29, 0.717) is 0 Å². The Bertz CT molecular complexity index is 35.1. The van der Waals surface area contributed by atoms with Crippen molar-refractivity contribution in [3.63, 3.8) is 0 Å². The van der Waals surface area contributed by atoms with E-state index in [9.17, 15) is 0 Å². The molecule has 0 aromatic rings. The van der Waals surface area contributed by atoms with E-state index in [1.807, 2.05) is 0 Å². The van der Waals surface area contributed by atoms with Crippen LogP contribution in [0.25, 0.3) is 0 Å². The molecule has 0 fully saturated rings. The van der Waals surface area contributed by atoms with Crippen LogP contribution in [0.3, 0.4) is 0 Å². The van der Waals surface area contributed by atoms with E-state index in [2.05, 4.69) is 0 Å². The van der Waals surface area contributed by atoms with Crippen molar-refractivity contribution in [3.8, 4) is 0 Å². The van der Waals surface area contributed by atoms with E-state index in [1.54, 1.807) is 0 Å². The largest absolute Gasteiger partial charge is 2.00 e. The van der Waals surface area contributed by atoms with E-state index in [-0.39, 0.29) is 55.9 Å². The van der Waals surface area contributed by atoms with Gasteiger partial charge in [0.2, 0.25) is 0 Å². The molecule has 0 saturated carbocycles. The van der Waals surface area contributed by atoms with Crippen LogP contribution in [-0.4, -0.2) is 61.9 Å². The third-order valence-corrected chi connectivity index (χ3v) is 0. The zero-order valence-electron chi connectivity index (χ0n) is 6.02. The van der Waals surface area contributed by atoms with Gasteiger partial charge in [0.05, 0.1) is 0 Å². The van der Waals surface area contributed by atoms with E-state index >= 15 is 0 Å². The van der Waals surface area contributed by atoms with Crippen LogP contribution >= 0.6 is 0 Å². The molecule has 0 unspecified atom stereocenters. The Kier molecular flexibility index (Phi) is 1000. The van der Waals surface area contributed by atoms with Gasteiger partial charge in [-0.1, -0.05) is 0 Å². The summed E-state index contributed by atoms with van der Waals surface area (Å²) >= 11 is 0.